The molecule has 3 aliphatic rings. The van der Waals surface area contributed by atoms with Gasteiger partial charge in [-0.05, 0) is 44.5 Å². The summed E-state index contributed by atoms with van der Waals surface area (Å²) in [5, 5.41) is 0. The zero-order valence-electron chi connectivity index (χ0n) is 15.8. The molecule has 6 heteroatoms. The van der Waals surface area contributed by atoms with E-state index in [-0.39, 0.29) is 5.75 Å². The van der Waals surface area contributed by atoms with Crippen LogP contribution in [0.4, 0.5) is 0 Å². The van der Waals surface area contributed by atoms with Crippen LogP contribution in [0.15, 0.2) is 30.3 Å². The Morgan fingerprint density at radius 2 is 1.77 bits per heavy atom. The highest BCUT2D eigenvalue weighted by Crippen LogP contribution is 2.37. The summed E-state index contributed by atoms with van der Waals surface area (Å²) in [6.45, 7) is 8.34. The molecule has 0 spiro atoms. The van der Waals surface area contributed by atoms with Crippen molar-refractivity contribution in [2.24, 2.45) is 5.92 Å². The normalized spacial score (nSPS) is 28.8. The lowest BCUT2D eigenvalue weighted by Crippen LogP contribution is -2.61. The van der Waals surface area contributed by atoms with Crippen LogP contribution in [-0.2, 0) is 15.8 Å². The third kappa shape index (κ3) is 3.70. The smallest absolute Gasteiger partial charge is 0.218 e. The van der Waals surface area contributed by atoms with Crippen molar-refractivity contribution >= 4 is 10.0 Å². The molecule has 5 nitrogen and oxygen atoms in total. The lowest BCUT2D eigenvalue weighted by atomic mass is 9.87. The number of nitrogens with zero attached hydrogens (tertiary/aromatic N) is 3. The Morgan fingerprint density at radius 1 is 1.04 bits per heavy atom. The Morgan fingerprint density at radius 3 is 2.46 bits per heavy atom. The number of hydrogen-bond acceptors (Lipinski definition) is 4. The third-order valence-electron chi connectivity index (χ3n) is 6.40. The van der Waals surface area contributed by atoms with Crippen LogP contribution >= 0.6 is 0 Å². The molecule has 1 aromatic rings. The van der Waals surface area contributed by atoms with Crippen LogP contribution in [0.25, 0.3) is 0 Å². The summed E-state index contributed by atoms with van der Waals surface area (Å²) >= 11 is 0. The third-order valence-corrected chi connectivity index (χ3v) is 8.18. The molecule has 26 heavy (non-hydrogen) atoms. The molecule has 0 aliphatic carbocycles. The second-order valence-corrected chi connectivity index (χ2v) is 10.1. The van der Waals surface area contributed by atoms with E-state index >= 15 is 0 Å². The van der Waals surface area contributed by atoms with Gasteiger partial charge in [0.1, 0.15) is 0 Å². The molecule has 4 rings (SSSR count). The first-order valence-corrected chi connectivity index (χ1v) is 11.7. The number of hydrogen-bond donors (Lipinski definition) is 0. The first-order chi connectivity index (χ1) is 12.6. The molecule has 2 atom stereocenters. The van der Waals surface area contributed by atoms with E-state index in [1.165, 1.54) is 38.9 Å². The molecule has 0 N–H and O–H groups in total. The molecule has 0 aromatic heterocycles. The van der Waals surface area contributed by atoms with E-state index in [0.29, 0.717) is 31.1 Å². The quantitative estimate of drug-likeness (QED) is 0.761. The molecule has 144 valence electrons. The van der Waals surface area contributed by atoms with E-state index < -0.39 is 10.0 Å². The highest BCUT2D eigenvalue weighted by Gasteiger charge is 2.50. The SMILES string of the molecule is CCCN1CCC(N2C[C@@H]3CN(S(=O)(=O)Cc4ccccc4)C[C@@H]32)CC1. The summed E-state index contributed by atoms with van der Waals surface area (Å²) < 4.78 is 27.4. The zero-order chi connectivity index (χ0) is 18.1. The Labute approximate surface area is 158 Å². The van der Waals surface area contributed by atoms with Crippen molar-refractivity contribution in [2.75, 3.05) is 39.3 Å². The highest BCUT2D eigenvalue weighted by atomic mass is 32.2. The van der Waals surface area contributed by atoms with Crippen molar-refractivity contribution in [3.63, 3.8) is 0 Å². The maximum Gasteiger partial charge on any atom is 0.218 e. The van der Waals surface area contributed by atoms with E-state index in [4.69, 9.17) is 0 Å². The van der Waals surface area contributed by atoms with E-state index in [2.05, 4.69) is 16.7 Å². The fourth-order valence-corrected chi connectivity index (χ4v) is 6.55. The van der Waals surface area contributed by atoms with Gasteiger partial charge in [0.15, 0.2) is 0 Å². The van der Waals surface area contributed by atoms with Gasteiger partial charge in [-0.25, -0.2) is 8.42 Å². The van der Waals surface area contributed by atoms with Crippen LogP contribution in [0.2, 0.25) is 0 Å². The fraction of sp³-hybridized carbons (Fsp3) is 0.700. The Bertz CT molecular complexity index is 701. The summed E-state index contributed by atoms with van der Waals surface area (Å²) in [6.07, 6.45) is 3.70. The van der Waals surface area contributed by atoms with Crippen molar-refractivity contribution < 1.29 is 8.42 Å². The molecule has 0 bridgehead atoms. The van der Waals surface area contributed by atoms with Gasteiger partial charge < -0.3 is 4.90 Å². The number of rotatable bonds is 6. The topological polar surface area (TPSA) is 43.9 Å². The minimum absolute atomic E-state index is 0.128. The number of sulfonamides is 1. The van der Waals surface area contributed by atoms with Crippen LogP contribution in [-0.4, -0.2) is 73.9 Å². The Balaban J connectivity index is 1.33. The molecule has 0 unspecified atom stereocenters. The molecular formula is C20H31N3O2S. The van der Waals surface area contributed by atoms with Gasteiger partial charge in [0.05, 0.1) is 5.75 Å². The van der Waals surface area contributed by atoms with Crippen LogP contribution < -0.4 is 0 Å². The lowest BCUT2D eigenvalue weighted by molar-refractivity contribution is -0.0168. The zero-order valence-corrected chi connectivity index (χ0v) is 16.6. The highest BCUT2D eigenvalue weighted by molar-refractivity contribution is 7.88. The number of benzene rings is 1. The molecule has 3 fully saturated rings. The van der Waals surface area contributed by atoms with Gasteiger partial charge in [-0.2, -0.15) is 4.31 Å². The van der Waals surface area contributed by atoms with Crippen molar-refractivity contribution in [1.29, 1.82) is 0 Å². The van der Waals surface area contributed by atoms with Gasteiger partial charge in [0.25, 0.3) is 0 Å². The van der Waals surface area contributed by atoms with Gasteiger partial charge in [-0.3, -0.25) is 4.90 Å². The molecule has 0 radical (unpaired) electrons. The predicted octanol–water partition coefficient (Wildman–Crippen LogP) is 2.01. The van der Waals surface area contributed by atoms with Crippen LogP contribution in [0.1, 0.15) is 31.7 Å². The average Bonchev–Trinajstić information content (AvgIpc) is 2.95. The Hall–Kier alpha value is -0.950. The number of fused-ring (bicyclic) bond motifs is 1. The molecule has 0 saturated carbocycles. The summed E-state index contributed by atoms with van der Waals surface area (Å²) in [4.78, 5) is 5.17. The summed E-state index contributed by atoms with van der Waals surface area (Å²) in [5.41, 5.74) is 0.881. The molecule has 3 saturated heterocycles. The van der Waals surface area contributed by atoms with Gasteiger partial charge in [0.2, 0.25) is 10.0 Å². The maximum atomic E-state index is 12.8. The monoisotopic (exact) mass is 377 g/mol. The van der Waals surface area contributed by atoms with Crippen molar-refractivity contribution in [1.82, 2.24) is 14.1 Å². The summed E-state index contributed by atoms with van der Waals surface area (Å²) in [7, 11) is -3.21. The Kier molecular flexibility index (Phi) is 5.37. The molecule has 3 aliphatic heterocycles. The predicted molar refractivity (Wildman–Crippen MR) is 104 cm³/mol. The van der Waals surface area contributed by atoms with Gasteiger partial charge in [0, 0.05) is 37.6 Å². The van der Waals surface area contributed by atoms with E-state index in [0.717, 1.165) is 12.1 Å². The van der Waals surface area contributed by atoms with Crippen molar-refractivity contribution in [3.8, 4) is 0 Å². The van der Waals surface area contributed by atoms with Crippen LogP contribution in [0.5, 0.6) is 0 Å². The number of likely N-dealkylation sites (tertiary alicyclic amines) is 2. The second kappa shape index (κ2) is 7.58. The summed E-state index contributed by atoms with van der Waals surface area (Å²) in [6, 6.07) is 10.6. The second-order valence-electron chi connectivity index (χ2n) is 8.16. The largest absolute Gasteiger partial charge is 0.303 e. The molecule has 1 aromatic carbocycles. The van der Waals surface area contributed by atoms with Gasteiger partial charge in [-0.1, -0.05) is 37.3 Å². The van der Waals surface area contributed by atoms with Gasteiger partial charge in [-0.15, -0.1) is 0 Å². The van der Waals surface area contributed by atoms with E-state index in [9.17, 15) is 8.42 Å². The minimum atomic E-state index is -3.21. The van der Waals surface area contributed by atoms with Gasteiger partial charge >= 0.3 is 0 Å². The van der Waals surface area contributed by atoms with Crippen LogP contribution in [0, 0.1) is 5.92 Å². The van der Waals surface area contributed by atoms with E-state index in [1.807, 2.05) is 30.3 Å². The van der Waals surface area contributed by atoms with Crippen molar-refractivity contribution in [3.05, 3.63) is 35.9 Å². The first kappa shape index (κ1) is 18.4. The molecular weight excluding hydrogens is 346 g/mol. The standard InChI is InChI=1S/C20H31N3O2S/c1-2-10-21-11-8-19(9-12-21)23-14-18-13-22(15-20(18)23)26(24,25)16-17-6-4-3-5-7-17/h3-7,18-20H,2,8-16H2,1H3/t18-,20-/m0/s1. The summed E-state index contributed by atoms with van der Waals surface area (Å²) in [5.74, 6) is 0.664. The molecule has 3 heterocycles. The van der Waals surface area contributed by atoms with Crippen LogP contribution in [0.3, 0.4) is 0 Å². The molecule has 0 amide bonds. The maximum absolute atomic E-state index is 12.8. The van der Waals surface area contributed by atoms with Crippen molar-refractivity contribution in [2.45, 2.75) is 44.0 Å². The minimum Gasteiger partial charge on any atom is -0.303 e. The fourth-order valence-electron chi connectivity index (χ4n) is 4.95. The number of piperidine rings is 1. The average molecular weight is 378 g/mol. The lowest BCUT2D eigenvalue weighted by Gasteiger charge is -2.50. The first-order valence-electron chi connectivity index (χ1n) is 10.1. The van der Waals surface area contributed by atoms with E-state index in [1.54, 1.807) is 4.31 Å².